The van der Waals surface area contributed by atoms with Gasteiger partial charge in [0.1, 0.15) is 6.61 Å². The van der Waals surface area contributed by atoms with Gasteiger partial charge in [0.2, 0.25) is 0 Å². The SMILES string of the molecule is COc1cc(/C=N/NC(=O)c2cccc(-n3c(C)ccc3C)c2)c(Br)cc1OCc1ccc(Br)cc1. The van der Waals surface area contributed by atoms with Gasteiger partial charge < -0.3 is 14.0 Å². The van der Waals surface area contributed by atoms with Crippen LogP contribution in [-0.2, 0) is 6.61 Å². The Morgan fingerprint density at radius 3 is 2.39 bits per heavy atom. The quantitative estimate of drug-likeness (QED) is 0.173. The number of hydrazone groups is 1. The van der Waals surface area contributed by atoms with Crippen molar-refractivity contribution >= 4 is 44.0 Å². The van der Waals surface area contributed by atoms with Crippen molar-refractivity contribution in [2.75, 3.05) is 7.11 Å². The summed E-state index contributed by atoms with van der Waals surface area (Å²) in [6.07, 6.45) is 1.56. The largest absolute Gasteiger partial charge is 0.493 e. The van der Waals surface area contributed by atoms with Crippen molar-refractivity contribution in [1.29, 1.82) is 0 Å². The van der Waals surface area contributed by atoms with Crippen LogP contribution in [-0.4, -0.2) is 23.8 Å². The van der Waals surface area contributed by atoms with Crippen LogP contribution >= 0.6 is 31.9 Å². The van der Waals surface area contributed by atoms with Crippen molar-refractivity contribution in [2.45, 2.75) is 20.5 Å². The van der Waals surface area contributed by atoms with Crippen LogP contribution in [0.4, 0.5) is 0 Å². The Kier molecular flexibility index (Phi) is 8.28. The topological polar surface area (TPSA) is 64.8 Å². The molecule has 0 aliphatic heterocycles. The highest BCUT2D eigenvalue weighted by Gasteiger charge is 2.11. The van der Waals surface area contributed by atoms with E-state index in [-0.39, 0.29) is 5.91 Å². The van der Waals surface area contributed by atoms with Crippen molar-refractivity contribution in [3.8, 4) is 17.2 Å². The van der Waals surface area contributed by atoms with E-state index < -0.39 is 0 Å². The van der Waals surface area contributed by atoms with E-state index >= 15 is 0 Å². The molecule has 0 spiro atoms. The van der Waals surface area contributed by atoms with Crippen molar-refractivity contribution in [2.24, 2.45) is 5.10 Å². The average molecular weight is 611 g/mol. The number of nitrogens with one attached hydrogen (secondary N) is 1. The second kappa shape index (κ2) is 11.6. The number of ether oxygens (including phenoxy) is 2. The molecule has 36 heavy (non-hydrogen) atoms. The van der Waals surface area contributed by atoms with Crippen molar-refractivity contribution in [3.63, 3.8) is 0 Å². The molecule has 1 aromatic heterocycles. The number of halogens is 2. The number of benzene rings is 3. The van der Waals surface area contributed by atoms with Crippen molar-refractivity contribution in [3.05, 3.63) is 110 Å². The predicted octanol–water partition coefficient (Wildman–Crippen LogP) is 6.97. The molecule has 6 nitrogen and oxygen atoms in total. The molecule has 0 unspecified atom stereocenters. The summed E-state index contributed by atoms with van der Waals surface area (Å²) < 4.78 is 15.3. The third-order valence-electron chi connectivity index (χ3n) is 5.60. The van der Waals surface area contributed by atoms with E-state index in [2.05, 4.69) is 59.1 Å². The summed E-state index contributed by atoms with van der Waals surface area (Å²) in [5, 5.41) is 4.15. The zero-order valence-electron chi connectivity index (χ0n) is 20.1. The van der Waals surface area contributed by atoms with E-state index in [1.54, 1.807) is 25.5 Å². The molecule has 0 saturated carbocycles. The van der Waals surface area contributed by atoms with E-state index in [1.807, 2.05) is 62.4 Å². The predicted molar refractivity (Wildman–Crippen MR) is 149 cm³/mol. The van der Waals surface area contributed by atoms with E-state index in [9.17, 15) is 4.79 Å². The number of rotatable bonds is 8. The zero-order valence-corrected chi connectivity index (χ0v) is 23.3. The standard InChI is InChI=1S/C28H25Br2N3O3/c1-18-7-8-19(2)33(18)24-6-4-5-21(13-24)28(34)32-31-16-22-14-26(35-3)27(15-25(22)30)36-17-20-9-11-23(29)12-10-20/h4-16H,17H2,1-3H3,(H,32,34)/b31-16+. The second-order valence-electron chi connectivity index (χ2n) is 8.14. The van der Waals surface area contributed by atoms with Crippen LogP contribution < -0.4 is 14.9 Å². The fourth-order valence-electron chi connectivity index (χ4n) is 3.75. The fraction of sp³-hybridized carbons (Fsp3) is 0.143. The fourth-order valence-corrected chi connectivity index (χ4v) is 4.44. The van der Waals surface area contributed by atoms with E-state index in [4.69, 9.17) is 9.47 Å². The lowest BCUT2D eigenvalue weighted by molar-refractivity contribution is 0.0955. The maximum Gasteiger partial charge on any atom is 0.271 e. The lowest BCUT2D eigenvalue weighted by Gasteiger charge is -2.13. The first-order valence-electron chi connectivity index (χ1n) is 11.2. The number of carbonyl (C=O) groups excluding carboxylic acids is 1. The normalized spacial score (nSPS) is 11.0. The highest BCUT2D eigenvalue weighted by atomic mass is 79.9. The minimum atomic E-state index is -0.298. The lowest BCUT2D eigenvalue weighted by Crippen LogP contribution is -2.18. The molecule has 4 aromatic rings. The third kappa shape index (κ3) is 6.06. The maximum atomic E-state index is 12.7. The van der Waals surface area contributed by atoms with Gasteiger partial charge in [-0.2, -0.15) is 5.10 Å². The minimum Gasteiger partial charge on any atom is -0.493 e. The average Bonchev–Trinajstić information content (AvgIpc) is 3.22. The smallest absolute Gasteiger partial charge is 0.271 e. The molecule has 3 aromatic carbocycles. The number of amides is 1. The van der Waals surface area contributed by atoms with E-state index in [0.717, 1.165) is 37.1 Å². The van der Waals surface area contributed by atoms with Gasteiger partial charge in [0, 0.05) is 37.1 Å². The molecule has 0 fully saturated rings. The van der Waals surface area contributed by atoms with Crippen LogP contribution in [0.15, 0.2) is 86.8 Å². The lowest BCUT2D eigenvalue weighted by atomic mass is 10.2. The first-order valence-corrected chi connectivity index (χ1v) is 12.8. The third-order valence-corrected chi connectivity index (χ3v) is 6.81. The van der Waals surface area contributed by atoms with E-state index in [1.165, 1.54) is 0 Å². The van der Waals surface area contributed by atoms with Gasteiger partial charge in [0.05, 0.1) is 13.3 Å². The summed E-state index contributed by atoms with van der Waals surface area (Å²) in [6.45, 7) is 4.47. The molecule has 1 N–H and O–H groups in total. The van der Waals surface area contributed by atoms with E-state index in [0.29, 0.717) is 23.7 Å². The van der Waals surface area contributed by atoms with Gasteiger partial charge in [-0.15, -0.1) is 0 Å². The molecule has 0 aliphatic rings. The van der Waals surface area contributed by atoms with Gasteiger partial charge in [-0.05, 0) is 89.9 Å². The van der Waals surface area contributed by atoms with Gasteiger partial charge in [-0.1, -0.05) is 34.1 Å². The molecule has 184 valence electrons. The summed E-state index contributed by atoms with van der Waals surface area (Å²) in [6, 6.07) is 23.1. The molecule has 4 rings (SSSR count). The van der Waals surface area contributed by atoms with Crippen LogP contribution in [0, 0.1) is 13.8 Å². The van der Waals surface area contributed by atoms with Gasteiger partial charge in [0.15, 0.2) is 11.5 Å². The number of hydrogen-bond acceptors (Lipinski definition) is 4. The Labute approximate surface area is 227 Å². The Hall–Kier alpha value is -3.36. The molecule has 0 saturated heterocycles. The Morgan fingerprint density at radius 1 is 0.972 bits per heavy atom. The first kappa shape index (κ1) is 25.7. The van der Waals surface area contributed by atoms with Crippen LogP contribution in [0.2, 0.25) is 0 Å². The van der Waals surface area contributed by atoms with Gasteiger partial charge in [0.25, 0.3) is 5.91 Å². The van der Waals surface area contributed by atoms with Gasteiger partial charge in [-0.3, -0.25) is 4.79 Å². The number of hydrogen-bond donors (Lipinski definition) is 1. The molecule has 1 amide bonds. The number of aromatic nitrogens is 1. The second-order valence-corrected chi connectivity index (χ2v) is 9.91. The summed E-state index contributed by atoms with van der Waals surface area (Å²) >= 11 is 6.99. The maximum absolute atomic E-state index is 12.7. The first-order chi connectivity index (χ1) is 17.4. The zero-order chi connectivity index (χ0) is 25.7. The number of aryl methyl sites for hydroxylation is 2. The highest BCUT2D eigenvalue weighted by molar-refractivity contribution is 9.10. The Balaban J connectivity index is 1.45. The summed E-state index contributed by atoms with van der Waals surface area (Å²) in [5.74, 6) is 0.863. The summed E-state index contributed by atoms with van der Waals surface area (Å²) in [7, 11) is 1.58. The molecule has 1 heterocycles. The Bertz CT molecular complexity index is 1390. The molecule has 0 aliphatic carbocycles. The molecule has 0 bridgehead atoms. The molecular formula is C28H25Br2N3O3. The van der Waals surface area contributed by atoms with Crippen LogP contribution in [0.3, 0.4) is 0 Å². The summed E-state index contributed by atoms with van der Waals surface area (Å²) in [4.78, 5) is 12.7. The monoisotopic (exact) mass is 609 g/mol. The highest BCUT2D eigenvalue weighted by Crippen LogP contribution is 2.33. The molecule has 8 heteroatoms. The minimum absolute atomic E-state index is 0.298. The van der Waals surface area contributed by atoms with Crippen LogP contribution in [0.5, 0.6) is 11.5 Å². The molecular weight excluding hydrogens is 586 g/mol. The van der Waals surface area contributed by atoms with Crippen molar-refractivity contribution < 1.29 is 14.3 Å². The molecule has 0 radical (unpaired) electrons. The Morgan fingerprint density at radius 2 is 1.69 bits per heavy atom. The van der Waals surface area contributed by atoms with Gasteiger partial charge in [-0.25, -0.2) is 5.43 Å². The van der Waals surface area contributed by atoms with Gasteiger partial charge >= 0.3 is 0 Å². The van der Waals surface area contributed by atoms with Crippen LogP contribution in [0.1, 0.15) is 32.9 Å². The van der Waals surface area contributed by atoms with Crippen molar-refractivity contribution in [1.82, 2.24) is 9.99 Å². The summed E-state index contributed by atoms with van der Waals surface area (Å²) in [5.41, 5.74) is 8.03. The number of nitrogens with zero attached hydrogens (tertiary/aromatic N) is 2. The number of methoxy groups -OCH3 is 1. The van der Waals surface area contributed by atoms with Crippen LogP contribution in [0.25, 0.3) is 5.69 Å². The molecule has 0 atom stereocenters. The number of carbonyl (C=O) groups is 1.